The lowest BCUT2D eigenvalue weighted by atomic mass is 9.81. The first-order valence-corrected chi connectivity index (χ1v) is 8.80. The number of aromatic amines is 2. The van der Waals surface area contributed by atoms with Gasteiger partial charge in [0.25, 0.3) is 5.56 Å². The van der Waals surface area contributed by atoms with Gasteiger partial charge in [0.2, 0.25) is 0 Å². The molecular weight excluding hydrogens is 312 g/mol. The molecule has 4 nitrogen and oxygen atoms in total. The van der Waals surface area contributed by atoms with Crippen molar-refractivity contribution in [2.45, 2.75) is 50.7 Å². The minimum atomic E-state index is -0.307. The second kappa shape index (κ2) is 6.17. The topological polar surface area (TPSA) is 57.9 Å². The highest BCUT2D eigenvalue weighted by atomic mass is 35.5. The van der Waals surface area contributed by atoms with Crippen molar-refractivity contribution >= 4 is 11.6 Å². The van der Waals surface area contributed by atoms with Crippen LogP contribution in [0.5, 0.6) is 0 Å². The molecule has 1 aliphatic carbocycles. The largest absolute Gasteiger partial charge is 0.365 e. The van der Waals surface area contributed by atoms with E-state index in [2.05, 4.69) is 10.2 Å². The number of hydrogen-bond acceptors (Lipinski definition) is 2. The fourth-order valence-corrected chi connectivity index (χ4v) is 4.13. The maximum atomic E-state index is 12.2. The third kappa shape index (κ3) is 2.86. The van der Waals surface area contributed by atoms with E-state index in [1.54, 1.807) is 0 Å². The Morgan fingerprint density at radius 1 is 1.04 bits per heavy atom. The Kier molecular flexibility index (Phi) is 4.04. The van der Waals surface area contributed by atoms with E-state index in [1.807, 2.05) is 24.3 Å². The van der Waals surface area contributed by atoms with Crippen LogP contribution in [0.25, 0.3) is 0 Å². The molecule has 1 aliphatic heterocycles. The number of aromatic nitrogens is 2. The molecule has 1 aromatic heterocycles. The maximum absolute atomic E-state index is 12.2. The van der Waals surface area contributed by atoms with E-state index in [4.69, 9.17) is 16.3 Å². The molecule has 2 aliphatic rings. The third-order valence-corrected chi connectivity index (χ3v) is 5.48. The Morgan fingerprint density at radius 2 is 1.78 bits per heavy atom. The molecule has 0 amide bonds. The summed E-state index contributed by atoms with van der Waals surface area (Å²) in [5, 5.41) is 6.48. The van der Waals surface area contributed by atoms with Crippen LogP contribution in [0.3, 0.4) is 0 Å². The molecule has 122 valence electrons. The Morgan fingerprint density at radius 3 is 2.52 bits per heavy atom. The molecule has 5 heteroatoms. The first-order chi connectivity index (χ1) is 11.2. The minimum Gasteiger partial charge on any atom is -0.365 e. The summed E-state index contributed by atoms with van der Waals surface area (Å²) in [5.41, 5.74) is 2.62. The van der Waals surface area contributed by atoms with Crippen LogP contribution in [0, 0.1) is 5.92 Å². The van der Waals surface area contributed by atoms with Gasteiger partial charge in [0.15, 0.2) is 0 Å². The molecule has 2 atom stereocenters. The molecule has 2 N–H and O–H groups in total. The van der Waals surface area contributed by atoms with Crippen molar-refractivity contribution in [3.8, 4) is 0 Å². The van der Waals surface area contributed by atoms with E-state index in [0.29, 0.717) is 10.9 Å². The SMILES string of the molecule is O=c1[nH][nH]c2c1[C@H](c1ccc(Cl)cc1)O[C@H](C1CCCCC1)C2. The maximum Gasteiger partial charge on any atom is 0.270 e. The van der Waals surface area contributed by atoms with Crippen molar-refractivity contribution < 1.29 is 4.74 Å². The molecule has 2 aromatic rings. The summed E-state index contributed by atoms with van der Waals surface area (Å²) in [6.07, 6.45) is 7.01. The number of halogens is 1. The average Bonchev–Trinajstić information content (AvgIpc) is 2.97. The number of benzene rings is 1. The molecule has 1 aromatic carbocycles. The molecule has 2 heterocycles. The summed E-state index contributed by atoms with van der Waals surface area (Å²) in [6.45, 7) is 0. The van der Waals surface area contributed by atoms with Crippen LogP contribution in [-0.4, -0.2) is 16.3 Å². The zero-order valence-corrected chi connectivity index (χ0v) is 13.7. The van der Waals surface area contributed by atoms with Gasteiger partial charge in [-0.25, -0.2) is 0 Å². The highest BCUT2D eigenvalue weighted by Gasteiger charge is 2.36. The molecule has 1 fully saturated rings. The van der Waals surface area contributed by atoms with Crippen LogP contribution in [0.2, 0.25) is 5.02 Å². The summed E-state index contributed by atoms with van der Waals surface area (Å²) < 4.78 is 6.43. The highest BCUT2D eigenvalue weighted by molar-refractivity contribution is 6.30. The standard InChI is InChI=1S/C18H21ClN2O2/c19-13-8-6-12(7-9-13)17-16-14(20-21-18(16)22)10-15(23-17)11-4-2-1-3-5-11/h6-9,11,15,17H,1-5,10H2,(H2,20,21,22)/t15-,17-/m0/s1. The van der Waals surface area contributed by atoms with Gasteiger partial charge >= 0.3 is 0 Å². The van der Waals surface area contributed by atoms with Crippen LogP contribution < -0.4 is 5.56 Å². The van der Waals surface area contributed by atoms with Gasteiger partial charge in [-0.1, -0.05) is 43.0 Å². The van der Waals surface area contributed by atoms with Crippen molar-refractivity contribution in [3.05, 3.63) is 56.5 Å². The number of fused-ring (bicyclic) bond motifs is 1. The lowest BCUT2D eigenvalue weighted by Gasteiger charge is -2.36. The summed E-state index contributed by atoms with van der Waals surface area (Å²) in [7, 11) is 0. The van der Waals surface area contributed by atoms with Gasteiger partial charge in [0.05, 0.1) is 11.7 Å². The Labute approximate surface area is 140 Å². The zero-order chi connectivity index (χ0) is 15.8. The molecular formula is C18H21ClN2O2. The van der Waals surface area contributed by atoms with Gasteiger partial charge in [-0.3, -0.25) is 9.89 Å². The number of H-pyrrole nitrogens is 2. The van der Waals surface area contributed by atoms with Gasteiger partial charge in [0, 0.05) is 17.1 Å². The van der Waals surface area contributed by atoms with Crippen LogP contribution >= 0.6 is 11.6 Å². The van der Waals surface area contributed by atoms with E-state index in [9.17, 15) is 4.79 Å². The lowest BCUT2D eigenvalue weighted by Crippen LogP contribution is -2.35. The molecule has 4 rings (SSSR count). The fraction of sp³-hybridized carbons (Fsp3) is 0.500. The van der Waals surface area contributed by atoms with Gasteiger partial charge < -0.3 is 9.84 Å². The smallest absolute Gasteiger partial charge is 0.270 e. The number of rotatable bonds is 2. The van der Waals surface area contributed by atoms with Crippen LogP contribution in [-0.2, 0) is 11.2 Å². The Hall–Kier alpha value is -1.52. The van der Waals surface area contributed by atoms with E-state index < -0.39 is 0 Å². The summed E-state index contributed by atoms with van der Waals surface area (Å²) in [6, 6.07) is 7.61. The second-order valence-electron chi connectivity index (χ2n) is 6.68. The van der Waals surface area contributed by atoms with E-state index in [0.717, 1.165) is 23.2 Å². The predicted octanol–water partition coefficient (Wildman–Crippen LogP) is 3.97. The normalized spacial score (nSPS) is 25.3. The van der Waals surface area contributed by atoms with Crippen LogP contribution in [0.1, 0.15) is 55.0 Å². The summed E-state index contributed by atoms with van der Waals surface area (Å²) >= 11 is 6.00. The van der Waals surface area contributed by atoms with Crippen LogP contribution in [0.4, 0.5) is 0 Å². The quantitative estimate of drug-likeness (QED) is 0.874. The van der Waals surface area contributed by atoms with Crippen molar-refractivity contribution in [2.24, 2.45) is 5.92 Å². The lowest BCUT2D eigenvalue weighted by molar-refractivity contribution is -0.0465. The first kappa shape index (κ1) is 15.0. The van der Waals surface area contributed by atoms with Gasteiger partial charge in [-0.15, -0.1) is 0 Å². The van der Waals surface area contributed by atoms with Gasteiger partial charge in [-0.2, -0.15) is 0 Å². The molecule has 0 spiro atoms. The average molecular weight is 333 g/mol. The molecule has 1 saturated carbocycles. The van der Waals surface area contributed by atoms with Crippen LogP contribution in [0.15, 0.2) is 29.1 Å². The molecule has 0 radical (unpaired) electrons. The number of ether oxygens (including phenoxy) is 1. The third-order valence-electron chi connectivity index (χ3n) is 5.22. The molecule has 0 saturated heterocycles. The summed E-state index contributed by atoms with van der Waals surface area (Å²) in [5.74, 6) is 0.588. The van der Waals surface area contributed by atoms with E-state index >= 15 is 0 Å². The Bertz CT molecular complexity index is 728. The van der Waals surface area contributed by atoms with Gasteiger partial charge in [-0.05, 0) is 36.5 Å². The monoisotopic (exact) mass is 332 g/mol. The Balaban J connectivity index is 1.69. The van der Waals surface area contributed by atoms with E-state index in [1.165, 1.54) is 32.1 Å². The van der Waals surface area contributed by atoms with E-state index in [-0.39, 0.29) is 17.8 Å². The molecule has 0 unspecified atom stereocenters. The fourth-order valence-electron chi connectivity index (χ4n) is 4.00. The predicted molar refractivity (Wildman–Crippen MR) is 89.9 cm³/mol. The molecule has 23 heavy (non-hydrogen) atoms. The summed E-state index contributed by atoms with van der Waals surface area (Å²) in [4.78, 5) is 12.2. The van der Waals surface area contributed by atoms with Crippen molar-refractivity contribution in [1.82, 2.24) is 10.2 Å². The van der Waals surface area contributed by atoms with Crippen molar-refractivity contribution in [2.75, 3.05) is 0 Å². The number of hydrogen-bond donors (Lipinski definition) is 2. The minimum absolute atomic E-state index is 0.0814. The first-order valence-electron chi connectivity index (χ1n) is 8.42. The molecule has 0 bridgehead atoms. The van der Waals surface area contributed by atoms with Gasteiger partial charge in [0.1, 0.15) is 6.10 Å². The number of nitrogens with one attached hydrogen (secondary N) is 2. The second-order valence-corrected chi connectivity index (χ2v) is 7.12. The zero-order valence-electron chi connectivity index (χ0n) is 13.0. The highest BCUT2D eigenvalue weighted by Crippen LogP contribution is 2.38. The van der Waals surface area contributed by atoms with Crippen molar-refractivity contribution in [1.29, 1.82) is 0 Å². The van der Waals surface area contributed by atoms with Crippen molar-refractivity contribution in [3.63, 3.8) is 0 Å².